The molecule has 0 saturated carbocycles. The Bertz CT molecular complexity index is 3780. The number of imidazole rings is 1. The summed E-state index contributed by atoms with van der Waals surface area (Å²) in [5.74, 6) is 2.38. The lowest BCUT2D eigenvalue weighted by Gasteiger charge is -2.20. The zero-order valence-corrected chi connectivity index (χ0v) is 38.2. The predicted molar refractivity (Wildman–Crippen MR) is 275 cm³/mol. The van der Waals surface area contributed by atoms with E-state index in [1.165, 1.54) is 33.2 Å². The Kier molecular flexibility index (Phi) is 9.44. The van der Waals surface area contributed by atoms with Gasteiger partial charge in [-0.15, -0.1) is 0 Å². The summed E-state index contributed by atoms with van der Waals surface area (Å²) in [5.41, 5.74) is 19.1. The maximum atomic E-state index is 6.85. The molecular weight excluding hydrogens is 817 g/mol. The Morgan fingerprint density at radius 1 is 0.522 bits per heavy atom. The van der Waals surface area contributed by atoms with Crippen LogP contribution in [-0.2, 0) is 5.41 Å². The molecule has 0 N–H and O–H groups in total. The van der Waals surface area contributed by atoms with Crippen molar-refractivity contribution in [2.75, 3.05) is 0 Å². The molecule has 0 aliphatic carbocycles. The summed E-state index contributed by atoms with van der Waals surface area (Å²) >= 11 is 0. The number of hydrogen-bond donors (Lipinski definition) is 0. The van der Waals surface area contributed by atoms with Gasteiger partial charge in [-0.2, -0.15) is 0 Å². The number of aromatic nitrogens is 4. The van der Waals surface area contributed by atoms with Crippen molar-refractivity contribution < 1.29 is 9.30 Å². The molecule has 1 aliphatic heterocycles. The first-order valence-corrected chi connectivity index (χ1v) is 23.0. The van der Waals surface area contributed by atoms with Crippen LogP contribution in [0.1, 0.15) is 45.7 Å². The van der Waals surface area contributed by atoms with Crippen LogP contribution in [0, 0.1) is 6.33 Å². The minimum absolute atomic E-state index is 0.0193. The van der Waals surface area contributed by atoms with Gasteiger partial charge < -0.3 is 4.74 Å². The monoisotopic (exact) mass is 864 g/mol. The van der Waals surface area contributed by atoms with Crippen LogP contribution < -0.4 is 9.30 Å². The topological polar surface area (TPSA) is 35.9 Å². The van der Waals surface area contributed by atoms with Gasteiger partial charge >= 0.3 is 0 Å². The largest absolute Gasteiger partial charge is 0.457 e. The number of para-hydroxylation sites is 3. The van der Waals surface area contributed by atoms with Crippen LogP contribution in [0.15, 0.2) is 206 Å². The van der Waals surface area contributed by atoms with Crippen molar-refractivity contribution in [3.05, 3.63) is 223 Å². The van der Waals surface area contributed by atoms with Gasteiger partial charge in [-0.3, -0.25) is 13.7 Å². The summed E-state index contributed by atoms with van der Waals surface area (Å²) in [5, 5.41) is 2.33. The van der Waals surface area contributed by atoms with Crippen molar-refractivity contribution in [2.24, 2.45) is 0 Å². The molecule has 4 heterocycles. The molecule has 3 aromatic heterocycles. The zero-order valence-electron chi connectivity index (χ0n) is 38.2. The van der Waals surface area contributed by atoms with Crippen molar-refractivity contribution in [1.29, 1.82) is 0 Å². The van der Waals surface area contributed by atoms with E-state index in [2.05, 4.69) is 243 Å². The number of nitrogens with zero attached hydrogens (tertiary/aromatic N) is 4. The number of benzene rings is 8. The second-order valence-corrected chi connectivity index (χ2v) is 18.8. The zero-order chi connectivity index (χ0) is 45.4. The Morgan fingerprint density at radius 2 is 1.12 bits per heavy atom. The highest BCUT2D eigenvalue weighted by Crippen LogP contribution is 2.45. The molecule has 0 spiro atoms. The minimum Gasteiger partial charge on any atom is -0.457 e. The van der Waals surface area contributed by atoms with Crippen molar-refractivity contribution in [3.8, 4) is 67.5 Å². The molecule has 5 heteroatoms. The van der Waals surface area contributed by atoms with Crippen LogP contribution in [0.4, 0.5) is 0 Å². The highest BCUT2D eigenvalue weighted by molar-refractivity contribution is 6.09. The predicted octanol–water partition coefficient (Wildman–Crippen LogP) is 15.6. The minimum atomic E-state index is -0.0193. The molecule has 67 heavy (non-hydrogen) atoms. The van der Waals surface area contributed by atoms with Crippen LogP contribution in [0.5, 0.6) is 11.5 Å². The quantitative estimate of drug-likeness (QED) is 0.123. The van der Waals surface area contributed by atoms with Crippen molar-refractivity contribution in [1.82, 2.24) is 14.1 Å². The molecule has 5 nitrogen and oxygen atoms in total. The number of ether oxygens (including phenoxy) is 1. The van der Waals surface area contributed by atoms with Gasteiger partial charge in [-0.05, 0) is 117 Å². The Morgan fingerprint density at radius 3 is 1.88 bits per heavy atom. The SMILES string of the molecule is CC(C)=C(c1cccc(Oc2ccc3c4ccccc4n(-c4cc(C(C)(C)C)ccn4)c3c2)c1)n1[c-][n+]2c3c(cccc31)-c1ccccc1-c1ccccc1-c1cccc(-c3ccccc3)c1-2. The molecule has 8 aromatic carbocycles. The molecule has 0 radical (unpaired) electrons. The van der Waals surface area contributed by atoms with Crippen molar-refractivity contribution in [3.63, 3.8) is 0 Å². The normalized spacial score (nSPS) is 12.0. The van der Waals surface area contributed by atoms with Gasteiger partial charge in [0.25, 0.3) is 6.33 Å². The number of hydrogen-bond acceptors (Lipinski definition) is 2. The molecule has 322 valence electrons. The lowest BCUT2D eigenvalue weighted by atomic mass is 9.88. The molecule has 12 rings (SSSR count). The second kappa shape index (κ2) is 15.7. The van der Waals surface area contributed by atoms with Gasteiger partial charge in [0.1, 0.15) is 17.3 Å². The van der Waals surface area contributed by atoms with E-state index in [-0.39, 0.29) is 5.41 Å². The lowest BCUT2D eigenvalue weighted by Crippen LogP contribution is -2.32. The first-order chi connectivity index (χ1) is 32.7. The fourth-order valence-corrected chi connectivity index (χ4v) is 10.2. The number of fused-ring (bicyclic) bond motifs is 10. The summed E-state index contributed by atoms with van der Waals surface area (Å²) in [7, 11) is 0. The fraction of sp³-hybridized carbons (Fsp3) is 0.0968. The van der Waals surface area contributed by atoms with E-state index < -0.39 is 0 Å². The van der Waals surface area contributed by atoms with E-state index in [1.54, 1.807) is 0 Å². The summed E-state index contributed by atoms with van der Waals surface area (Å²) in [6.45, 7) is 11.1. The van der Waals surface area contributed by atoms with Gasteiger partial charge in [0.15, 0.2) is 0 Å². The highest BCUT2D eigenvalue weighted by Gasteiger charge is 2.27. The van der Waals surface area contributed by atoms with E-state index in [0.717, 1.165) is 89.5 Å². The van der Waals surface area contributed by atoms with Crippen LogP contribution in [0.2, 0.25) is 0 Å². The lowest BCUT2D eigenvalue weighted by molar-refractivity contribution is -0.570. The molecule has 0 bridgehead atoms. The highest BCUT2D eigenvalue weighted by atomic mass is 16.5. The van der Waals surface area contributed by atoms with Crippen molar-refractivity contribution >= 4 is 38.5 Å². The summed E-state index contributed by atoms with van der Waals surface area (Å²) < 4.78 is 13.7. The molecule has 0 amide bonds. The standard InChI is InChI=1S/C62H48N4O/c1-40(2)59(42-20-15-21-44(36-42)67-45-32-33-52-51-26-13-14-30-55(51)66(57(52)38-45)58-37-43(34-35-63-58)62(3,4)5)64-39-65-60-46(41-18-7-6-8-19-41)27-16-28-53(60)49-24-11-9-22-47(49)48-23-10-12-25-50(48)54-29-17-31-56(64)61(54)65/h6-38H,1-5H3. The van der Waals surface area contributed by atoms with Gasteiger partial charge in [0, 0.05) is 23.0 Å². The molecular formula is C62H48N4O. The van der Waals surface area contributed by atoms with Gasteiger partial charge in [-0.1, -0.05) is 172 Å². The van der Waals surface area contributed by atoms with Crippen LogP contribution in [-0.4, -0.2) is 14.1 Å². The maximum Gasteiger partial charge on any atom is 0.269 e. The average molecular weight is 865 g/mol. The van der Waals surface area contributed by atoms with E-state index in [4.69, 9.17) is 9.72 Å². The van der Waals surface area contributed by atoms with Crippen LogP contribution >= 0.6 is 0 Å². The third-order valence-electron chi connectivity index (χ3n) is 13.3. The maximum absolute atomic E-state index is 6.85. The molecule has 1 aliphatic rings. The second-order valence-electron chi connectivity index (χ2n) is 18.8. The van der Waals surface area contributed by atoms with Crippen LogP contribution in [0.25, 0.3) is 94.5 Å². The first-order valence-electron chi connectivity index (χ1n) is 23.0. The molecule has 0 fully saturated rings. The first kappa shape index (κ1) is 40.2. The third kappa shape index (κ3) is 6.69. The van der Waals surface area contributed by atoms with E-state index in [9.17, 15) is 0 Å². The number of pyridine rings is 1. The summed E-state index contributed by atoms with van der Waals surface area (Å²) in [6.07, 6.45) is 5.92. The fourth-order valence-electron chi connectivity index (χ4n) is 10.2. The van der Waals surface area contributed by atoms with E-state index >= 15 is 0 Å². The Labute approximate surface area is 391 Å². The molecule has 0 atom stereocenters. The van der Waals surface area contributed by atoms with E-state index in [0.29, 0.717) is 0 Å². The Hall–Kier alpha value is -8.28. The van der Waals surface area contributed by atoms with Gasteiger partial charge in [-0.25, -0.2) is 4.98 Å². The molecule has 0 saturated heterocycles. The van der Waals surface area contributed by atoms with Crippen LogP contribution in [0.3, 0.4) is 0 Å². The number of allylic oxidation sites excluding steroid dienone is 1. The third-order valence-corrected chi connectivity index (χ3v) is 13.3. The van der Waals surface area contributed by atoms with E-state index in [1.807, 2.05) is 12.3 Å². The van der Waals surface area contributed by atoms with Crippen molar-refractivity contribution in [2.45, 2.75) is 40.0 Å². The molecule has 0 unspecified atom stereocenters. The summed E-state index contributed by atoms with van der Waals surface area (Å²) in [6, 6.07) is 69.5. The molecule has 11 aromatic rings. The smallest absolute Gasteiger partial charge is 0.269 e. The van der Waals surface area contributed by atoms with Gasteiger partial charge in [0.2, 0.25) is 0 Å². The van der Waals surface area contributed by atoms with Gasteiger partial charge in [0.05, 0.1) is 33.5 Å². The number of rotatable bonds is 6. The summed E-state index contributed by atoms with van der Waals surface area (Å²) in [4.78, 5) is 4.90. The average Bonchev–Trinajstić information content (AvgIpc) is 3.90. The Balaban J connectivity index is 1.03.